The Hall–Kier alpha value is -1.43. The van der Waals surface area contributed by atoms with Gasteiger partial charge in [0.1, 0.15) is 0 Å². The number of hydrogen-bond donors (Lipinski definition) is 1. The molecule has 0 spiro atoms. The maximum Gasteiger partial charge on any atom is 0.0912 e. The lowest BCUT2D eigenvalue weighted by Gasteiger charge is -2.33. The van der Waals surface area contributed by atoms with Crippen LogP contribution in [0.1, 0.15) is 29.7 Å². The van der Waals surface area contributed by atoms with E-state index in [1.807, 2.05) is 0 Å². The SMILES string of the molecule is Cc1cc(N2CCC(CO)CC2)c2scc(-c3c(C)cc(Br)cc3C)c2n1. The van der Waals surface area contributed by atoms with Gasteiger partial charge < -0.3 is 10.0 Å². The molecule has 142 valence electrons. The predicted octanol–water partition coefficient (Wildman–Crippen LogP) is 5.86. The van der Waals surface area contributed by atoms with Gasteiger partial charge in [0.2, 0.25) is 0 Å². The second-order valence-corrected chi connectivity index (χ2v) is 9.43. The summed E-state index contributed by atoms with van der Waals surface area (Å²) in [6.07, 6.45) is 2.12. The van der Waals surface area contributed by atoms with Gasteiger partial charge in [0.15, 0.2) is 0 Å². The van der Waals surface area contributed by atoms with Crippen LogP contribution in [-0.2, 0) is 0 Å². The summed E-state index contributed by atoms with van der Waals surface area (Å²) in [6.45, 7) is 8.76. The fourth-order valence-electron chi connectivity index (χ4n) is 4.22. The van der Waals surface area contributed by atoms with E-state index in [0.29, 0.717) is 12.5 Å². The van der Waals surface area contributed by atoms with Crippen LogP contribution in [0, 0.1) is 26.7 Å². The molecule has 1 aliphatic heterocycles. The first-order valence-electron chi connectivity index (χ1n) is 9.49. The Morgan fingerprint density at radius 3 is 2.44 bits per heavy atom. The maximum absolute atomic E-state index is 9.43. The van der Waals surface area contributed by atoms with Gasteiger partial charge in [-0.1, -0.05) is 15.9 Å². The van der Waals surface area contributed by atoms with Crippen molar-refractivity contribution in [3.8, 4) is 11.1 Å². The minimum absolute atomic E-state index is 0.309. The van der Waals surface area contributed by atoms with Gasteiger partial charge >= 0.3 is 0 Å². The number of hydrogen-bond acceptors (Lipinski definition) is 4. The number of aliphatic hydroxyl groups is 1. The normalized spacial score (nSPS) is 15.7. The summed E-state index contributed by atoms with van der Waals surface area (Å²) in [5.41, 5.74) is 8.57. The first-order valence-corrected chi connectivity index (χ1v) is 11.2. The lowest BCUT2D eigenvalue weighted by atomic mass is 9.96. The Morgan fingerprint density at radius 1 is 1.15 bits per heavy atom. The highest BCUT2D eigenvalue weighted by molar-refractivity contribution is 9.10. The minimum atomic E-state index is 0.309. The quantitative estimate of drug-likeness (QED) is 0.549. The van der Waals surface area contributed by atoms with E-state index in [0.717, 1.165) is 41.6 Å². The smallest absolute Gasteiger partial charge is 0.0912 e. The standard InChI is InChI=1S/C22H25BrN2OS/c1-13-8-17(23)9-14(2)20(13)18-12-27-22-19(10-15(3)24-21(18)22)25-6-4-16(11-26)5-7-25/h8-10,12,16,26H,4-7,11H2,1-3H3. The average molecular weight is 445 g/mol. The number of pyridine rings is 1. The molecule has 0 aliphatic carbocycles. The highest BCUT2D eigenvalue weighted by Crippen LogP contribution is 2.42. The molecule has 0 unspecified atom stereocenters. The molecule has 1 N–H and O–H groups in total. The Labute approximate surface area is 173 Å². The molecule has 4 rings (SSSR count). The number of piperidine rings is 1. The van der Waals surface area contributed by atoms with Crippen molar-refractivity contribution in [2.75, 3.05) is 24.6 Å². The van der Waals surface area contributed by atoms with Gasteiger partial charge in [0, 0.05) is 40.8 Å². The Kier molecular flexibility index (Phi) is 5.28. The van der Waals surface area contributed by atoms with Crippen molar-refractivity contribution in [1.82, 2.24) is 4.98 Å². The first-order chi connectivity index (χ1) is 13.0. The molecule has 1 fully saturated rings. The van der Waals surface area contributed by atoms with E-state index in [-0.39, 0.29) is 0 Å². The molecule has 3 heterocycles. The van der Waals surface area contributed by atoms with Gasteiger partial charge in [-0.3, -0.25) is 4.98 Å². The van der Waals surface area contributed by atoms with Crippen LogP contribution in [-0.4, -0.2) is 29.8 Å². The number of rotatable bonds is 3. The van der Waals surface area contributed by atoms with E-state index in [1.165, 1.54) is 32.6 Å². The van der Waals surface area contributed by atoms with E-state index >= 15 is 0 Å². The van der Waals surface area contributed by atoms with Gasteiger partial charge in [0.25, 0.3) is 0 Å². The van der Waals surface area contributed by atoms with Gasteiger partial charge in [-0.15, -0.1) is 11.3 Å². The van der Waals surface area contributed by atoms with E-state index in [9.17, 15) is 5.11 Å². The molecular formula is C22H25BrN2OS. The van der Waals surface area contributed by atoms with Crippen LogP contribution in [0.5, 0.6) is 0 Å². The van der Waals surface area contributed by atoms with Gasteiger partial charge in [-0.05, 0) is 74.4 Å². The molecule has 1 saturated heterocycles. The molecule has 1 aromatic carbocycles. The maximum atomic E-state index is 9.43. The zero-order valence-corrected chi connectivity index (χ0v) is 18.5. The Bertz CT molecular complexity index is 966. The van der Waals surface area contributed by atoms with E-state index in [2.05, 4.69) is 65.2 Å². The molecule has 0 radical (unpaired) electrons. The molecule has 27 heavy (non-hydrogen) atoms. The molecule has 3 aromatic rings. The van der Waals surface area contributed by atoms with Crippen LogP contribution in [0.25, 0.3) is 21.3 Å². The van der Waals surface area contributed by atoms with Gasteiger partial charge in [-0.2, -0.15) is 0 Å². The number of aryl methyl sites for hydroxylation is 3. The number of halogens is 1. The number of fused-ring (bicyclic) bond motifs is 1. The number of thiophene rings is 1. The molecule has 2 aromatic heterocycles. The van der Waals surface area contributed by atoms with E-state index < -0.39 is 0 Å². The van der Waals surface area contributed by atoms with Crippen molar-refractivity contribution in [2.24, 2.45) is 5.92 Å². The fourth-order valence-corrected chi connectivity index (χ4v) is 5.95. The van der Waals surface area contributed by atoms with Crippen LogP contribution in [0.4, 0.5) is 5.69 Å². The number of aromatic nitrogens is 1. The monoisotopic (exact) mass is 444 g/mol. The molecular weight excluding hydrogens is 420 g/mol. The van der Waals surface area contributed by atoms with Crippen molar-refractivity contribution >= 4 is 43.2 Å². The average Bonchev–Trinajstić information content (AvgIpc) is 3.04. The summed E-state index contributed by atoms with van der Waals surface area (Å²) in [4.78, 5) is 7.41. The topological polar surface area (TPSA) is 36.4 Å². The third-order valence-electron chi connectivity index (χ3n) is 5.61. The summed E-state index contributed by atoms with van der Waals surface area (Å²) in [5, 5.41) is 11.7. The molecule has 0 atom stereocenters. The number of anilines is 1. The second kappa shape index (κ2) is 7.53. The zero-order chi connectivity index (χ0) is 19.1. The number of aliphatic hydroxyl groups excluding tert-OH is 1. The van der Waals surface area contributed by atoms with E-state index in [1.54, 1.807) is 11.3 Å². The predicted molar refractivity (Wildman–Crippen MR) is 119 cm³/mol. The summed E-state index contributed by atoms with van der Waals surface area (Å²) in [6, 6.07) is 6.59. The van der Waals surface area contributed by atoms with Crippen LogP contribution in [0.3, 0.4) is 0 Å². The molecule has 3 nitrogen and oxygen atoms in total. The van der Waals surface area contributed by atoms with E-state index in [4.69, 9.17) is 4.98 Å². The van der Waals surface area contributed by atoms with Crippen molar-refractivity contribution in [2.45, 2.75) is 33.6 Å². The van der Waals surface area contributed by atoms with Crippen molar-refractivity contribution in [1.29, 1.82) is 0 Å². The number of nitrogens with zero attached hydrogens (tertiary/aromatic N) is 2. The van der Waals surface area contributed by atoms with Crippen molar-refractivity contribution in [3.05, 3.63) is 44.9 Å². The molecule has 0 bridgehead atoms. The first kappa shape index (κ1) is 18.9. The third-order valence-corrected chi connectivity index (χ3v) is 7.06. The minimum Gasteiger partial charge on any atom is -0.396 e. The van der Waals surface area contributed by atoms with Crippen LogP contribution < -0.4 is 4.90 Å². The molecule has 5 heteroatoms. The highest BCUT2D eigenvalue weighted by atomic mass is 79.9. The largest absolute Gasteiger partial charge is 0.396 e. The second-order valence-electron chi connectivity index (χ2n) is 7.64. The van der Waals surface area contributed by atoms with Gasteiger partial charge in [-0.25, -0.2) is 0 Å². The van der Waals surface area contributed by atoms with Crippen molar-refractivity contribution in [3.63, 3.8) is 0 Å². The summed E-state index contributed by atoms with van der Waals surface area (Å²) >= 11 is 5.41. The Balaban J connectivity index is 1.82. The van der Waals surface area contributed by atoms with Crippen LogP contribution in [0.15, 0.2) is 28.1 Å². The van der Waals surface area contributed by atoms with Gasteiger partial charge in [0.05, 0.1) is 15.9 Å². The number of benzene rings is 1. The van der Waals surface area contributed by atoms with Crippen molar-refractivity contribution < 1.29 is 5.11 Å². The molecule has 0 amide bonds. The molecule has 0 saturated carbocycles. The Morgan fingerprint density at radius 2 is 1.81 bits per heavy atom. The lowest BCUT2D eigenvalue weighted by Crippen LogP contribution is -2.34. The third kappa shape index (κ3) is 3.53. The summed E-state index contributed by atoms with van der Waals surface area (Å²) < 4.78 is 2.40. The zero-order valence-electron chi connectivity index (χ0n) is 16.1. The lowest BCUT2D eigenvalue weighted by molar-refractivity contribution is 0.203. The molecule has 1 aliphatic rings. The summed E-state index contributed by atoms with van der Waals surface area (Å²) in [5.74, 6) is 0.451. The fraction of sp³-hybridized carbons (Fsp3) is 0.409. The highest BCUT2D eigenvalue weighted by Gasteiger charge is 2.23. The van der Waals surface area contributed by atoms with Crippen LogP contribution >= 0.6 is 27.3 Å². The summed E-state index contributed by atoms with van der Waals surface area (Å²) in [7, 11) is 0. The van der Waals surface area contributed by atoms with Crippen LogP contribution in [0.2, 0.25) is 0 Å².